The highest BCUT2D eigenvalue weighted by molar-refractivity contribution is 7.98. The molecule has 18 heavy (non-hydrogen) atoms. The van der Waals surface area contributed by atoms with Crippen LogP contribution in [-0.2, 0) is 0 Å². The minimum atomic E-state index is 0.512. The monoisotopic (exact) mass is 270 g/mol. The molecule has 2 aliphatic rings. The van der Waals surface area contributed by atoms with Crippen LogP contribution in [-0.4, -0.2) is 48.1 Å². The molecule has 1 aliphatic heterocycles. The van der Waals surface area contributed by atoms with E-state index in [2.05, 4.69) is 23.4 Å². The molecule has 0 aromatic heterocycles. The lowest BCUT2D eigenvalue weighted by Gasteiger charge is -2.52. The van der Waals surface area contributed by atoms with E-state index in [1.165, 1.54) is 70.3 Å². The summed E-state index contributed by atoms with van der Waals surface area (Å²) in [5.74, 6) is 1.29. The molecule has 3 heteroatoms. The summed E-state index contributed by atoms with van der Waals surface area (Å²) >= 11 is 2.00. The molecular weight excluding hydrogens is 240 g/mol. The lowest BCUT2D eigenvalue weighted by Crippen LogP contribution is -2.65. The first-order chi connectivity index (χ1) is 8.80. The van der Waals surface area contributed by atoms with Crippen molar-refractivity contribution in [2.45, 2.75) is 63.5 Å². The van der Waals surface area contributed by atoms with Crippen LogP contribution in [0.25, 0.3) is 0 Å². The Bertz CT molecular complexity index is 239. The third kappa shape index (κ3) is 3.43. The summed E-state index contributed by atoms with van der Waals surface area (Å²) in [6.45, 7) is 6.13. The van der Waals surface area contributed by atoms with Gasteiger partial charge in [0.05, 0.1) is 0 Å². The number of hydrogen-bond donors (Lipinski definition) is 1. The minimum absolute atomic E-state index is 0.512. The number of thioether (sulfide) groups is 1. The van der Waals surface area contributed by atoms with E-state index in [1.54, 1.807) is 0 Å². The molecule has 0 aromatic carbocycles. The molecule has 1 aliphatic carbocycles. The van der Waals surface area contributed by atoms with Crippen molar-refractivity contribution in [3.8, 4) is 0 Å². The zero-order valence-electron chi connectivity index (χ0n) is 12.2. The van der Waals surface area contributed by atoms with Gasteiger partial charge >= 0.3 is 0 Å². The molecule has 1 unspecified atom stereocenters. The smallest absolute Gasteiger partial charge is 0.0335 e. The van der Waals surface area contributed by atoms with Crippen molar-refractivity contribution in [2.24, 2.45) is 0 Å². The molecule has 0 radical (unpaired) electrons. The standard InChI is InChI=1S/C15H30N2S/c1-3-7-14-12-17(10-11-18-2)15(13-16-14)8-5-4-6-9-15/h14,16H,3-13H2,1-2H3. The van der Waals surface area contributed by atoms with E-state index in [-0.39, 0.29) is 0 Å². The Morgan fingerprint density at radius 3 is 2.72 bits per heavy atom. The van der Waals surface area contributed by atoms with Crippen molar-refractivity contribution in [1.29, 1.82) is 0 Å². The van der Waals surface area contributed by atoms with Gasteiger partial charge in [0.15, 0.2) is 0 Å². The summed E-state index contributed by atoms with van der Waals surface area (Å²) in [4.78, 5) is 2.85. The van der Waals surface area contributed by atoms with Gasteiger partial charge in [-0.2, -0.15) is 11.8 Å². The Hall–Kier alpha value is 0.270. The second kappa shape index (κ2) is 7.16. The van der Waals surface area contributed by atoms with Crippen LogP contribution >= 0.6 is 11.8 Å². The fraction of sp³-hybridized carbons (Fsp3) is 1.00. The quantitative estimate of drug-likeness (QED) is 0.826. The second-order valence-electron chi connectivity index (χ2n) is 6.09. The van der Waals surface area contributed by atoms with Crippen molar-refractivity contribution in [3.63, 3.8) is 0 Å². The Morgan fingerprint density at radius 1 is 1.28 bits per heavy atom. The first kappa shape index (κ1) is 14.7. The van der Waals surface area contributed by atoms with Crippen molar-refractivity contribution < 1.29 is 0 Å². The molecule has 1 spiro atoms. The van der Waals surface area contributed by atoms with Gasteiger partial charge in [0.25, 0.3) is 0 Å². The fourth-order valence-electron chi connectivity index (χ4n) is 3.74. The van der Waals surface area contributed by atoms with Gasteiger partial charge in [-0.25, -0.2) is 0 Å². The number of nitrogens with zero attached hydrogens (tertiary/aromatic N) is 1. The van der Waals surface area contributed by atoms with Gasteiger partial charge in [-0.05, 0) is 25.5 Å². The van der Waals surface area contributed by atoms with Crippen LogP contribution in [0.4, 0.5) is 0 Å². The zero-order valence-corrected chi connectivity index (χ0v) is 13.0. The third-order valence-electron chi connectivity index (χ3n) is 4.82. The van der Waals surface area contributed by atoms with Crippen LogP contribution in [0.1, 0.15) is 51.9 Å². The van der Waals surface area contributed by atoms with E-state index < -0.39 is 0 Å². The second-order valence-corrected chi connectivity index (χ2v) is 7.08. The van der Waals surface area contributed by atoms with Crippen LogP contribution in [0.5, 0.6) is 0 Å². The molecule has 2 fully saturated rings. The zero-order chi connectivity index (χ0) is 12.8. The highest BCUT2D eigenvalue weighted by Crippen LogP contribution is 2.35. The first-order valence-electron chi connectivity index (χ1n) is 7.78. The largest absolute Gasteiger partial charge is 0.311 e. The average molecular weight is 270 g/mol. The van der Waals surface area contributed by atoms with E-state index in [9.17, 15) is 0 Å². The number of piperazine rings is 1. The molecule has 1 atom stereocenters. The molecular formula is C15H30N2S. The van der Waals surface area contributed by atoms with E-state index in [4.69, 9.17) is 0 Å². The van der Waals surface area contributed by atoms with Gasteiger partial charge in [-0.3, -0.25) is 4.90 Å². The van der Waals surface area contributed by atoms with Gasteiger partial charge in [-0.15, -0.1) is 0 Å². The van der Waals surface area contributed by atoms with Crippen LogP contribution < -0.4 is 5.32 Å². The van der Waals surface area contributed by atoms with E-state index >= 15 is 0 Å². The van der Waals surface area contributed by atoms with E-state index in [0.717, 1.165) is 6.04 Å². The van der Waals surface area contributed by atoms with Crippen LogP contribution in [0.3, 0.4) is 0 Å². The topological polar surface area (TPSA) is 15.3 Å². The van der Waals surface area contributed by atoms with Gasteiger partial charge in [0, 0.05) is 37.0 Å². The predicted octanol–water partition coefficient (Wildman–Crippen LogP) is 3.13. The van der Waals surface area contributed by atoms with Crippen molar-refractivity contribution in [2.75, 3.05) is 31.6 Å². The molecule has 1 saturated heterocycles. The summed E-state index contributed by atoms with van der Waals surface area (Å²) < 4.78 is 0. The van der Waals surface area contributed by atoms with Crippen LogP contribution in [0, 0.1) is 0 Å². The van der Waals surface area contributed by atoms with Crippen molar-refractivity contribution >= 4 is 11.8 Å². The van der Waals surface area contributed by atoms with E-state index in [0.29, 0.717) is 5.54 Å². The average Bonchev–Trinajstić information content (AvgIpc) is 2.41. The fourth-order valence-corrected chi connectivity index (χ4v) is 4.15. The normalized spacial score (nSPS) is 28.7. The van der Waals surface area contributed by atoms with Gasteiger partial charge < -0.3 is 5.32 Å². The molecule has 1 N–H and O–H groups in total. The van der Waals surface area contributed by atoms with Gasteiger partial charge in [-0.1, -0.05) is 32.6 Å². The van der Waals surface area contributed by atoms with Crippen LogP contribution in [0.2, 0.25) is 0 Å². The SMILES string of the molecule is CCCC1CN(CCSC)C2(CCCCC2)CN1. The first-order valence-corrected chi connectivity index (χ1v) is 9.17. The lowest BCUT2D eigenvalue weighted by molar-refractivity contribution is 0.0136. The molecule has 2 nitrogen and oxygen atoms in total. The predicted molar refractivity (Wildman–Crippen MR) is 82.5 cm³/mol. The lowest BCUT2D eigenvalue weighted by atomic mass is 9.78. The van der Waals surface area contributed by atoms with Crippen LogP contribution in [0.15, 0.2) is 0 Å². The summed E-state index contributed by atoms with van der Waals surface area (Å²) in [7, 11) is 0. The third-order valence-corrected chi connectivity index (χ3v) is 5.41. The highest BCUT2D eigenvalue weighted by atomic mass is 32.2. The molecule has 2 rings (SSSR count). The minimum Gasteiger partial charge on any atom is -0.311 e. The maximum atomic E-state index is 3.84. The Labute approximate surface area is 117 Å². The maximum Gasteiger partial charge on any atom is 0.0335 e. The molecule has 1 heterocycles. The van der Waals surface area contributed by atoms with E-state index in [1.807, 2.05) is 11.8 Å². The summed E-state index contributed by atoms with van der Waals surface area (Å²) in [6, 6.07) is 0.740. The Morgan fingerprint density at radius 2 is 2.06 bits per heavy atom. The van der Waals surface area contributed by atoms with Gasteiger partial charge in [0.2, 0.25) is 0 Å². The molecule has 1 saturated carbocycles. The molecule has 106 valence electrons. The van der Waals surface area contributed by atoms with Crippen molar-refractivity contribution in [3.05, 3.63) is 0 Å². The number of hydrogen-bond acceptors (Lipinski definition) is 3. The highest BCUT2D eigenvalue weighted by Gasteiger charge is 2.41. The maximum absolute atomic E-state index is 3.84. The molecule has 0 bridgehead atoms. The summed E-state index contributed by atoms with van der Waals surface area (Å²) in [5.41, 5.74) is 0.512. The summed E-state index contributed by atoms with van der Waals surface area (Å²) in [5, 5.41) is 3.84. The molecule has 0 amide bonds. The number of nitrogens with one attached hydrogen (secondary N) is 1. The molecule has 0 aromatic rings. The summed E-state index contributed by atoms with van der Waals surface area (Å²) in [6.07, 6.45) is 12.1. The Kier molecular flexibility index (Phi) is 5.84. The van der Waals surface area contributed by atoms with Crippen molar-refractivity contribution in [1.82, 2.24) is 10.2 Å². The Balaban J connectivity index is 1.98. The number of rotatable bonds is 5. The van der Waals surface area contributed by atoms with Gasteiger partial charge in [0.1, 0.15) is 0 Å².